The van der Waals surface area contributed by atoms with Gasteiger partial charge < -0.3 is 15.8 Å². The molecule has 1 amide bonds. The Morgan fingerprint density at radius 3 is 3.00 bits per heavy atom. The molecule has 4 nitrogen and oxygen atoms in total. The van der Waals surface area contributed by atoms with E-state index in [2.05, 4.69) is 12.2 Å². The summed E-state index contributed by atoms with van der Waals surface area (Å²) in [5, 5.41) is 2.82. The topological polar surface area (TPSA) is 64.3 Å². The molecule has 1 rings (SSSR count). The molecule has 0 heterocycles. The number of carbonyl (C=O) groups excluding carboxylic acids is 1. The number of carbonyl (C=O) groups is 1. The monoisotopic (exact) mass is 236 g/mol. The van der Waals surface area contributed by atoms with Gasteiger partial charge in [0.2, 0.25) is 5.91 Å². The lowest BCUT2D eigenvalue weighted by Gasteiger charge is -2.08. The van der Waals surface area contributed by atoms with E-state index in [0.717, 1.165) is 17.9 Å². The van der Waals surface area contributed by atoms with Crippen LogP contribution in [0.3, 0.4) is 0 Å². The predicted molar refractivity (Wildman–Crippen MR) is 69.1 cm³/mol. The Morgan fingerprint density at radius 1 is 1.47 bits per heavy atom. The van der Waals surface area contributed by atoms with Gasteiger partial charge in [0.05, 0.1) is 6.61 Å². The third kappa shape index (κ3) is 5.36. The van der Waals surface area contributed by atoms with Crippen molar-refractivity contribution in [3.8, 4) is 5.75 Å². The van der Waals surface area contributed by atoms with Crippen molar-refractivity contribution in [2.45, 2.75) is 26.2 Å². The van der Waals surface area contributed by atoms with Gasteiger partial charge in [-0.25, -0.2) is 0 Å². The molecule has 0 radical (unpaired) electrons. The zero-order valence-electron chi connectivity index (χ0n) is 10.2. The number of amides is 1. The molecule has 94 valence electrons. The fourth-order valence-corrected chi connectivity index (χ4v) is 1.37. The molecule has 0 aliphatic heterocycles. The van der Waals surface area contributed by atoms with Gasteiger partial charge in [-0.1, -0.05) is 13.0 Å². The molecule has 3 N–H and O–H groups in total. The van der Waals surface area contributed by atoms with Crippen molar-refractivity contribution in [3.63, 3.8) is 0 Å². The lowest BCUT2D eigenvalue weighted by molar-refractivity contribution is -0.116. The quantitative estimate of drug-likeness (QED) is 0.762. The third-order valence-corrected chi connectivity index (χ3v) is 2.20. The SMILES string of the molecule is CCCOc1cccc(NC(=O)CCCN)c1. The second-order valence-electron chi connectivity index (χ2n) is 3.82. The molecular formula is C13H20N2O2. The maximum Gasteiger partial charge on any atom is 0.224 e. The first-order chi connectivity index (χ1) is 8.26. The van der Waals surface area contributed by atoms with Crippen LogP contribution in [0.25, 0.3) is 0 Å². The predicted octanol–water partition coefficient (Wildman–Crippen LogP) is 2.15. The summed E-state index contributed by atoms with van der Waals surface area (Å²) in [5.74, 6) is 0.770. The van der Waals surface area contributed by atoms with Crippen LogP contribution in [0.15, 0.2) is 24.3 Å². The van der Waals surface area contributed by atoms with Gasteiger partial charge in [-0.05, 0) is 31.5 Å². The van der Waals surface area contributed by atoms with Crippen LogP contribution in [-0.4, -0.2) is 19.1 Å². The van der Waals surface area contributed by atoms with E-state index in [-0.39, 0.29) is 5.91 Å². The Labute approximate surface area is 102 Å². The van der Waals surface area contributed by atoms with Crippen LogP contribution in [0, 0.1) is 0 Å². The molecule has 0 spiro atoms. The molecule has 1 aromatic carbocycles. The van der Waals surface area contributed by atoms with Gasteiger partial charge in [-0.15, -0.1) is 0 Å². The van der Waals surface area contributed by atoms with Crippen molar-refractivity contribution >= 4 is 11.6 Å². The highest BCUT2D eigenvalue weighted by Gasteiger charge is 2.02. The number of nitrogens with one attached hydrogen (secondary N) is 1. The molecule has 0 saturated heterocycles. The van der Waals surface area contributed by atoms with Crippen LogP contribution < -0.4 is 15.8 Å². The van der Waals surface area contributed by atoms with E-state index >= 15 is 0 Å². The number of hydrogen-bond donors (Lipinski definition) is 2. The van der Waals surface area contributed by atoms with Gasteiger partial charge in [-0.2, -0.15) is 0 Å². The van der Waals surface area contributed by atoms with Crippen LogP contribution >= 0.6 is 0 Å². The van der Waals surface area contributed by atoms with Crippen LogP contribution in [0.5, 0.6) is 5.75 Å². The highest BCUT2D eigenvalue weighted by atomic mass is 16.5. The molecule has 0 bridgehead atoms. The lowest BCUT2D eigenvalue weighted by Crippen LogP contribution is -2.13. The van der Waals surface area contributed by atoms with Gasteiger partial charge in [0.15, 0.2) is 0 Å². The highest BCUT2D eigenvalue weighted by Crippen LogP contribution is 2.17. The molecule has 0 unspecified atom stereocenters. The van der Waals surface area contributed by atoms with Crippen LogP contribution in [0.1, 0.15) is 26.2 Å². The summed E-state index contributed by atoms with van der Waals surface area (Å²) in [6.07, 6.45) is 2.13. The fraction of sp³-hybridized carbons (Fsp3) is 0.462. The van der Waals surface area contributed by atoms with Gasteiger partial charge >= 0.3 is 0 Å². The molecule has 0 aliphatic rings. The summed E-state index contributed by atoms with van der Waals surface area (Å²) >= 11 is 0. The van der Waals surface area contributed by atoms with Crippen molar-refractivity contribution in [1.82, 2.24) is 0 Å². The molecule has 0 fully saturated rings. The van der Waals surface area contributed by atoms with E-state index in [9.17, 15) is 4.79 Å². The van der Waals surface area contributed by atoms with E-state index in [1.54, 1.807) is 0 Å². The minimum absolute atomic E-state index is 0.0110. The van der Waals surface area contributed by atoms with Crippen molar-refractivity contribution in [2.24, 2.45) is 5.73 Å². The molecule has 0 aliphatic carbocycles. The zero-order chi connectivity index (χ0) is 12.5. The summed E-state index contributed by atoms with van der Waals surface area (Å²) in [4.78, 5) is 11.5. The van der Waals surface area contributed by atoms with Crippen LogP contribution in [-0.2, 0) is 4.79 Å². The minimum atomic E-state index is -0.0110. The number of nitrogens with two attached hydrogens (primary N) is 1. The molecule has 17 heavy (non-hydrogen) atoms. The van der Waals surface area contributed by atoms with E-state index in [1.165, 1.54) is 0 Å². The number of rotatable bonds is 7. The molecule has 0 aromatic heterocycles. The van der Waals surface area contributed by atoms with E-state index < -0.39 is 0 Å². The fourth-order valence-electron chi connectivity index (χ4n) is 1.37. The summed E-state index contributed by atoms with van der Waals surface area (Å²) in [6.45, 7) is 3.27. The first kappa shape index (κ1) is 13.5. The zero-order valence-corrected chi connectivity index (χ0v) is 10.2. The molecule has 0 saturated carbocycles. The Bertz CT molecular complexity index is 353. The maximum absolute atomic E-state index is 11.5. The first-order valence-corrected chi connectivity index (χ1v) is 5.99. The van der Waals surface area contributed by atoms with Crippen LogP contribution in [0.4, 0.5) is 5.69 Å². The summed E-state index contributed by atoms with van der Waals surface area (Å²) in [7, 11) is 0. The summed E-state index contributed by atoms with van der Waals surface area (Å²) in [5.41, 5.74) is 6.11. The lowest BCUT2D eigenvalue weighted by atomic mass is 10.2. The number of ether oxygens (including phenoxy) is 1. The average Bonchev–Trinajstić information content (AvgIpc) is 2.34. The standard InChI is InChI=1S/C13H20N2O2/c1-2-9-17-12-6-3-5-11(10-12)15-13(16)7-4-8-14/h3,5-6,10H,2,4,7-9,14H2,1H3,(H,15,16). The normalized spacial score (nSPS) is 10.0. The minimum Gasteiger partial charge on any atom is -0.494 e. The molecule has 1 aromatic rings. The Kier molecular flexibility index (Phi) is 6.10. The van der Waals surface area contributed by atoms with E-state index in [4.69, 9.17) is 10.5 Å². The van der Waals surface area contributed by atoms with E-state index in [0.29, 0.717) is 26.0 Å². The van der Waals surface area contributed by atoms with Crippen LogP contribution in [0.2, 0.25) is 0 Å². The third-order valence-electron chi connectivity index (χ3n) is 2.20. The molecule has 0 atom stereocenters. The Morgan fingerprint density at radius 2 is 2.29 bits per heavy atom. The van der Waals surface area contributed by atoms with Crippen molar-refractivity contribution in [3.05, 3.63) is 24.3 Å². The van der Waals surface area contributed by atoms with Gasteiger partial charge in [0.1, 0.15) is 5.75 Å². The van der Waals surface area contributed by atoms with E-state index in [1.807, 2.05) is 24.3 Å². The smallest absolute Gasteiger partial charge is 0.224 e. The Hall–Kier alpha value is -1.55. The average molecular weight is 236 g/mol. The number of anilines is 1. The van der Waals surface area contributed by atoms with Gasteiger partial charge in [0.25, 0.3) is 0 Å². The molecule has 4 heteroatoms. The highest BCUT2D eigenvalue weighted by molar-refractivity contribution is 5.90. The van der Waals surface area contributed by atoms with Crippen molar-refractivity contribution in [1.29, 1.82) is 0 Å². The van der Waals surface area contributed by atoms with Gasteiger partial charge in [0, 0.05) is 18.2 Å². The summed E-state index contributed by atoms with van der Waals surface area (Å²) < 4.78 is 5.49. The Balaban J connectivity index is 2.50. The first-order valence-electron chi connectivity index (χ1n) is 5.99. The largest absolute Gasteiger partial charge is 0.494 e. The van der Waals surface area contributed by atoms with Gasteiger partial charge in [-0.3, -0.25) is 4.79 Å². The molecular weight excluding hydrogens is 216 g/mol. The van der Waals surface area contributed by atoms with Crippen molar-refractivity contribution in [2.75, 3.05) is 18.5 Å². The number of hydrogen-bond acceptors (Lipinski definition) is 3. The number of benzene rings is 1. The summed E-state index contributed by atoms with van der Waals surface area (Å²) in [6, 6.07) is 7.42. The second kappa shape index (κ2) is 7.68. The maximum atomic E-state index is 11.5. The second-order valence-corrected chi connectivity index (χ2v) is 3.82. The van der Waals surface area contributed by atoms with Crippen molar-refractivity contribution < 1.29 is 9.53 Å².